The van der Waals surface area contributed by atoms with Crippen molar-refractivity contribution in [3.8, 4) is 5.75 Å². The number of benzene rings is 1. The Bertz CT molecular complexity index is 463. The highest BCUT2D eigenvalue weighted by molar-refractivity contribution is 5.50. The van der Waals surface area contributed by atoms with Crippen LogP contribution in [0.15, 0.2) is 18.2 Å². The molecule has 1 aromatic carbocycles. The van der Waals surface area contributed by atoms with Gasteiger partial charge in [0.1, 0.15) is 0 Å². The van der Waals surface area contributed by atoms with Crippen LogP contribution in [0.1, 0.15) is 59.4 Å². The Hall–Kier alpha value is -1.58. The van der Waals surface area contributed by atoms with Crippen LogP contribution in [0.3, 0.4) is 0 Å². The summed E-state index contributed by atoms with van der Waals surface area (Å²) in [5, 5.41) is 11.3. The summed E-state index contributed by atoms with van der Waals surface area (Å²) in [5.74, 6) is 0.378. The maximum Gasteiger partial charge on any atom is 0.311 e. The zero-order chi connectivity index (χ0) is 15.3. The number of nitro groups is 1. The smallest absolute Gasteiger partial charge is 0.311 e. The van der Waals surface area contributed by atoms with Gasteiger partial charge in [0, 0.05) is 6.07 Å². The number of hydrogen-bond acceptors (Lipinski definition) is 3. The SMILES string of the molecule is CCCC(CC)Oc1ccc(C(C)(C)C)cc1[N+](=O)[O-]. The fourth-order valence-corrected chi connectivity index (χ4v) is 2.07. The highest BCUT2D eigenvalue weighted by atomic mass is 16.6. The van der Waals surface area contributed by atoms with Crippen LogP contribution in [0.25, 0.3) is 0 Å². The molecule has 1 rings (SSSR count). The van der Waals surface area contributed by atoms with Crippen LogP contribution < -0.4 is 4.74 Å². The fourth-order valence-electron chi connectivity index (χ4n) is 2.07. The molecule has 0 aromatic heterocycles. The molecule has 0 aliphatic heterocycles. The van der Waals surface area contributed by atoms with Crippen molar-refractivity contribution in [1.82, 2.24) is 0 Å². The van der Waals surface area contributed by atoms with Crippen molar-refractivity contribution >= 4 is 5.69 Å². The summed E-state index contributed by atoms with van der Waals surface area (Å²) in [6.45, 7) is 10.2. The van der Waals surface area contributed by atoms with Gasteiger partial charge in [-0.2, -0.15) is 0 Å². The first kappa shape index (κ1) is 16.5. The minimum absolute atomic E-state index is 0.0409. The molecule has 0 aliphatic carbocycles. The van der Waals surface area contributed by atoms with E-state index in [1.165, 1.54) is 0 Å². The zero-order valence-electron chi connectivity index (χ0n) is 13.1. The van der Waals surface area contributed by atoms with Crippen LogP contribution >= 0.6 is 0 Å². The summed E-state index contributed by atoms with van der Waals surface area (Å²) in [6.07, 6.45) is 2.81. The molecule has 4 heteroatoms. The molecule has 0 N–H and O–H groups in total. The highest BCUT2D eigenvalue weighted by Gasteiger charge is 2.23. The molecule has 1 atom stereocenters. The van der Waals surface area contributed by atoms with Crippen LogP contribution in [0.5, 0.6) is 5.75 Å². The Labute approximate surface area is 121 Å². The van der Waals surface area contributed by atoms with Crippen LogP contribution in [0, 0.1) is 10.1 Å². The topological polar surface area (TPSA) is 52.4 Å². The van der Waals surface area contributed by atoms with Gasteiger partial charge < -0.3 is 4.74 Å². The summed E-state index contributed by atoms with van der Waals surface area (Å²) in [4.78, 5) is 10.9. The second kappa shape index (κ2) is 6.73. The molecule has 20 heavy (non-hydrogen) atoms. The molecular formula is C16H25NO3. The van der Waals surface area contributed by atoms with Crippen molar-refractivity contribution in [2.75, 3.05) is 0 Å². The van der Waals surface area contributed by atoms with Crippen molar-refractivity contribution in [3.63, 3.8) is 0 Å². The lowest BCUT2D eigenvalue weighted by molar-refractivity contribution is -0.386. The maximum absolute atomic E-state index is 11.3. The lowest BCUT2D eigenvalue weighted by Gasteiger charge is -2.21. The van der Waals surface area contributed by atoms with E-state index in [-0.39, 0.29) is 22.1 Å². The molecule has 0 amide bonds. The van der Waals surface area contributed by atoms with Crippen LogP contribution in [-0.2, 0) is 5.41 Å². The minimum Gasteiger partial charge on any atom is -0.484 e. The molecule has 0 aliphatic rings. The third-order valence-corrected chi connectivity index (χ3v) is 3.38. The summed E-state index contributed by atoms with van der Waals surface area (Å²) in [6, 6.07) is 5.28. The van der Waals surface area contributed by atoms with Crippen LogP contribution in [-0.4, -0.2) is 11.0 Å². The Morgan fingerprint density at radius 2 is 1.95 bits per heavy atom. The van der Waals surface area contributed by atoms with Crippen molar-refractivity contribution in [1.29, 1.82) is 0 Å². The van der Waals surface area contributed by atoms with Crippen LogP contribution in [0.2, 0.25) is 0 Å². The quantitative estimate of drug-likeness (QED) is 0.552. The zero-order valence-corrected chi connectivity index (χ0v) is 13.1. The number of nitro benzene ring substituents is 1. The Morgan fingerprint density at radius 1 is 1.30 bits per heavy atom. The second-order valence-corrected chi connectivity index (χ2v) is 6.13. The molecular weight excluding hydrogens is 254 g/mol. The lowest BCUT2D eigenvalue weighted by atomic mass is 9.87. The van der Waals surface area contributed by atoms with Gasteiger partial charge in [-0.25, -0.2) is 0 Å². The predicted octanol–water partition coefficient (Wildman–Crippen LogP) is 4.85. The van der Waals surface area contributed by atoms with E-state index < -0.39 is 0 Å². The fraction of sp³-hybridized carbons (Fsp3) is 0.625. The van der Waals surface area contributed by atoms with Gasteiger partial charge >= 0.3 is 5.69 Å². The molecule has 112 valence electrons. The van der Waals surface area contributed by atoms with E-state index in [2.05, 4.69) is 6.92 Å². The van der Waals surface area contributed by atoms with E-state index in [0.717, 1.165) is 24.8 Å². The second-order valence-electron chi connectivity index (χ2n) is 6.13. The van der Waals surface area contributed by atoms with Crippen LogP contribution in [0.4, 0.5) is 5.69 Å². The van der Waals surface area contributed by atoms with Gasteiger partial charge in [0.05, 0.1) is 11.0 Å². The molecule has 0 saturated heterocycles. The third kappa shape index (κ3) is 4.22. The Balaban J connectivity index is 3.10. The minimum atomic E-state index is -0.358. The number of hydrogen-bond donors (Lipinski definition) is 0. The van der Waals surface area contributed by atoms with Crippen molar-refractivity contribution in [2.45, 2.75) is 65.4 Å². The molecule has 0 spiro atoms. The van der Waals surface area contributed by atoms with E-state index in [9.17, 15) is 10.1 Å². The number of ether oxygens (including phenoxy) is 1. The number of rotatable bonds is 6. The molecule has 0 radical (unpaired) electrons. The summed E-state index contributed by atoms with van der Waals surface area (Å²) in [7, 11) is 0. The van der Waals surface area contributed by atoms with E-state index in [0.29, 0.717) is 5.75 Å². The summed E-state index contributed by atoms with van der Waals surface area (Å²) >= 11 is 0. The van der Waals surface area contributed by atoms with Gasteiger partial charge in [-0.15, -0.1) is 0 Å². The molecule has 0 fully saturated rings. The first-order valence-corrected chi connectivity index (χ1v) is 7.25. The first-order chi connectivity index (χ1) is 9.29. The Kier molecular flexibility index (Phi) is 5.54. The monoisotopic (exact) mass is 279 g/mol. The molecule has 0 heterocycles. The molecule has 0 bridgehead atoms. The maximum atomic E-state index is 11.3. The molecule has 0 saturated carbocycles. The van der Waals surface area contributed by atoms with Gasteiger partial charge in [0.15, 0.2) is 5.75 Å². The van der Waals surface area contributed by atoms with Crippen molar-refractivity contribution < 1.29 is 9.66 Å². The Morgan fingerprint density at radius 3 is 2.40 bits per heavy atom. The van der Waals surface area contributed by atoms with Gasteiger partial charge in [0.25, 0.3) is 0 Å². The van der Waals surface area contributed by atoms with Crippen molar-refractivity contribution in [2.24, 2.45) is 0 Å². The summed E-state index contributed by atoms with van der Waals surface area (Å²) < 4.78 is 5.82. The normalized spacial score (nSPS) is 13.1. The largest absolute Gasteiger partial charge is 0.484 e. The third-order valence-electron chi connectivity index (χ3n) is 3.38. The van der Waals surface area contributed by atoms with E-state index in [1.807, 2.05) is 33.8 Å². The first-order valence-electron chi connectivity index (χ1n) is 7.25. The predicted molar refractivity (Wildman–Crippen MR) is 81.4 cm³/mol. The molecule has 1 aromatic rings. The van der Waals surface area contributed by atoms with Gasteiger partial charge in [-0.05, 0) is 29.9 Å². The van der Waals surface area contributed by atoms with Gasteiger partial charge in [-0.3, -0.25) is 10.1 Å². The summed E-state index contributed by atoms with van der Waals surface area (Å²) in [5.41, 5.74) is 0.892. The lowest BCUT2D eigenvalue weighted by Crippen LogP contribution is -2.16. The van der Waals surface area contributed by atoms with Crippen molar-refractivity contribution in [3.05, 3.63) is 33.9 Å². The number of nitrogens with zero attached hydrogens (tertiary/aromatic N) is 1. The molecule has 1 unspecified atom stereocenters. The van der Waals surface area contributed by atoms with E-state index in [1.54, 1.807) is 12.1 Å². The average molecular weight is 279 g/mol. The van der Waals surface area contributed by atoms with E-state index in [4.69, 9.17) is 4.74 Å². The average Bonchev–Trinajstić information content (AvgIpc) is 2.36. The van der Waals surface area contributed by atoms with Gasteiger partial charge in [-0.1, -0.05) is 47.1 Å². The standard InChI is InChI=1S/C16H25NO3/c1-6-8-13(7-2)20-15-10-9-12(16(3,4)5)11-14(15)17(18)19/h9-11,13H,6-8H2,1-5H3. The van der Waals surface area contributed by atoms with E-state index >= 15 is 0 Å². The molecule has 4 nitrogen and oxygen atoms in total. The highest BCUT2D eigenvalue weighted by Crippen LogP contribution is 2.34. The van der Waals surface area contributed by atoms with Gasteiger partial charge in [0.2, 0.25) is 0 Å².